The average Bonchev–Trinajstić information content (AvgIpc) is 2.90. The number of hydrogen-bond acceptors (Lipinski definition) is 8. The van der Waals surface area contributed by atoms with Crippen molar-refractivity contribution in [2.45, 2.75) is 13.1 Å². The van der Waals surface area contributed by atoms with Gasteiger partial charge in [0.2, 0.25) is 5.91 Å². The normalized spacial score (nSPS) is 11.0. The summed E-state index contributed by atoms with van der Waals surface area (Å²) in [6, 6.07) is 14.9. The first-order chi connectivity index (χ1) is 18.2. The number of nitrogens with zero attached hydrogens (tertiary/aromatic N) is 4. The fourth-order valence-electron chi connectivity index (χ4n) is 4.02. The predicted octanol–water partition coefficient (Wildman–Crippen LogP) is 0.255. The van der Waals surface area contributed by atoms with Gasteiger partial charge in [0.15, 0.2) is 11.4 Å². The molecule has 1 amide bonds. The predicted molar refractivity (Wildman–Crippen MR) is 138 cm³/mol. The number of benzene rings is 2. The molecule has 4 rings (SSSR count). The van der Waals surface area contributed by atoms with Crippen LogP contribution in [0.1, 0.15) is 16.1 Å². The molecule has 2 aromatic carbocycles. The number of fused-ring (bicyclic) bond motifs is 1. The van der Waals surface area contributed by atoms with E-state index in [0.717, 1.165) is 19.7 Å². The SMILES string of the molecule is COCCN(C(=O)Cn1nc(C(=O)O)c2ccccc2c1=O)c1c(N)n(Cc2ccccc2)c(=O)[nH]c1=O. The number of anilines is 2. The first-order valence-electron chi connectivity index (χ1n) is 11.4. The van der Waals surface area contributed by atoms with Crippen LogP contribution in [0.25, 0.3) is 10.8 Å². The number of rotatable bonds is 9. The largest absolute Gasteiger partial charge is 0.476 e. The Morgan fingerprint density at radius 3 is 2.37 bits per heavy atom. The topological polar surface area (TPSA) is 183 Å². The number of nitrogen functional groups attached to an aromatic ring is 1. The van der Waals surface area contributed by atoms with Gasteiger partial charge in [-0.1, -0.05) is 48.5 Å². The Labute approximate surface area is 214 Å². The number of carboxylic acids is 1. The van der Waals surface area contributed by atoms with Crippen molar-refractivity contribution < 1.29 is 19.4 Å². The van der Waals surface area contributed by atoms with Gasteiger partial charge in [0.1, 0.15) is 12.4 Å². The summed E-state index contributed by atoms with van der Waals surface area (Å²) >= 11 is 0. The standard InChI is InChI=1S/C25H24N6O7/c1-38-12-11-29(20-21(26)30(25(37)27-22(20)33)13-15-7-3-2-4-8-15)18(32)14-31-23(34)17-10-6-5-9-16(17)19(28-31)24(35)36/h2-10H,11-14,26H2,1H3,(H,35,36)(H,27,33,37). The molecule has 0 saturated carbocycles. The molecule has 4 N–H and O–H groups in total. The van der Waals surface area contributed by atoms with E-state index in [1.165, 1.54) is 19.2 Å². The van der Waals surface area contributed by atoms with Crippen molar-refractivity contribution in [3.05, 3.63) is 97.0 Å². The number of aromatic amines is 1. The molecular weight excluding hydrogens is 496 g/mol. The molecule has 4 aromatic rings. The second-order valence-electron chi connectivity index (χ2n) is 8.27. The number of carbonyl (C=O) groups excluding carboxylic acids is 1. The van der Waals surface area contributed by atoms with Crippen molar-refractivity contribution in [2.75, 3.05) is 30.9 Å². The quantitative estimate of drug-likeness (QED) is 0.279. The smallest absolute Gasteiger partial charge is 0.357 e. The fraction of sp³-hybridized carbons (Fsp3) is 0.200. The first-order valence-corrected chi connectivity index (χ1v) is 11.4. The maximum absolute atomic E-state index is 13.5. The number of hydrogen-bond donors (Lipinski definition) is 3. The molecule has 13 heteroatoms. The summed E-state index contributed by atoms with van der Waals surface area (Å²) in [6.45, 7) is -0.845. The van der Waals surface area contributed by atoms with Crippen LogP contribution in [-0.2, 0) is 22.6 Å². The van der Waals surface area contributed by atoms with Crippen molar-refractivity contribution in [1.82, 2.24) is 19.3 Å². The van der Waals surface area contributed by atoms with Crippen molar-refractivity contribution in [3.8, 4) is 0 Å². The van der Waals surface area contributed by atoms with Crippen molar-refractivity contribution >= 4 is 34.2 Å². The Bertz CT molecular complexity index is 1690. The zero-order chi connectivity index (χ0) is 27.4. The number of nitrogens with one attached hydrogen (secondary N) is 1. The fourth-order valence-corrected chi connectivity index (χ4v) is 4.02. The highest BCUT2D eigenvalue weighted by Gasteiger charge is 2.26. The lowest BCUT2D eigenvalue weighted by Gasteiger charge is -2.24. The lowest BCUT2D eigenvalue weighted by atomic mass is 10.1. The Balaban J connectivity index is 1.79. The van der Waals surface area contributed by atoms with Gasteiger partial charge >= 0.3 is 11.7 Å². The van der Waals surface area contributed by atoms with Gasteiger partial charge in [-0.2, -0.15) is 5.10 Å². The number of aromatic carboxylic acids is 1. The van der Waals surface area contributed by atoms with Crippen LogP contribution in [0.4, 0.5) is 11.5 Å². The second-order valence-corrected chi connectivity index (χ2v) is 8.27. The summed E-state index contributed by atoms with van der Waals surface area (Å²) in [4.78, 5) is 66.9. The molecule has 38 heavy (non-hydrogen) atoms. The number of carboxylic acid groups (broad SMARTS) is 1. The maximum Gasteiger partial charge on any atom is 0.357 e. The molecule has 0 aliphatic carbocycles. The minimum atomic E-state index is -1.38. The summed E-state index contributed by atoms with van der Waals surface area (Å²) in [7, 11) is 1.39. The molecule has 0 saturated heterocycles. The zero-order valence-electron chi connectivity index (χ0n) is 20.3. The number of carbonyl (C=O) groups is 2. The van der Waals surface area contributed by atoms with Crippen LogP contribution in [0.5, 0.6) is 0 Å². The van der Waals surface area contributed by atoms with E-state index in [0.29, 0.717) is 0 Å². The lowest BCUT2D eigenvalue weighted by molar-refractivity contribution is -0.119. The third kappa shape index (κ3) is 5.08. The third-order valence-electron chi connectivity index (χ3n) is 5.84. The van der Waals surface area contributed by atoms with Crippen molar-refractivity contribution in [1.29, 1.82) is 0 Å². The molecule has 0 spiro atoms. The van der Waals surface area contributed by atoms with E-state index in [1.807, 2.05) is 0 Å². The first kappa shape index (κ1) is 26.0. The van der Waals surface area contributed by atoms with Crippen LogP contribution < -0.4 is 27.4 Å². The summed E-state index contributed by atoms with van der Waals surface area (Å²) in [5.74, 6) is -2.45. The Hall–Kier alpha value is -5.04. The van der Waals surface area contributed by atoms with Crippen molar-refractivity contribution in [2.24, 2.45) is 0 Å². The number of methoxy groups -OCH3 is 1. The van der Waals surface area contributed by atoms with E-state index >= 15 is 0 Å². The summed E-state index contributed by atoms with van der Waals surface area (Å²) in [5.41, 5.74) is 3.88. The highest BCUT2D eigenvalue weighted by Crippen LogP contribution is 2.19. The van der Waals surface area contributed by atoms with Gasteiger partial charge in [-0.05, 0) is 11.6 Å². The van der Waals surface area contributed by atoms with Gasteiger partial charge in [0.25, 0.3) is 11.1 Å². The van der Waals surface area contributed by atoms with E-state index in [1.54, 1.807) is 42.5 Å². The monoisotopic (exact) mass is 520 g/mol. The highest BCUT2D eigenvalue weighted by atomic mass is 16.5. The van der Waals surface area contributed by atoms with Gasteiger partial charge < -0.3 is 20.5 Å². The van der Waals surface area contributed by atoms with Gasteiger partial charge in [-0.15, -0.1) is 0 Å². The number of ether oxygens (including phenoxy) is 1. The molecular formula is C25H24N6O7. The average molecular weight is 521 g/mol. The van der Waals surface area contributed by atoms with E-state index < -0.39 is 40.9 Å². The molecule has 2 heterocycles. The molecule has 0 radical (unpaired) electrons. The number of nitrogens with two attached hydrogens (primary N) is 1. The maximum atomic E-state index is 13.5. The van der Waals surface area contributed by atoms with Crippen LogP contribution >= 0.6 is 0 Å². The van der Waals surface area contributed by atoms with E-state index in [-0.39, 0.29) is 42.0 Å². The van der Waals surface area contributed by atoms with Crippen LogP contribution in [0.2, 0.25) is 0 Å². The Morgan fingerprint density at radius 1 is 1.05 bits per heavy atom. The van der Waals surface area contributed by atoms with Crippen LogP contribution in [0.15, 0.2) is 69.0 Å². The molecule has 13 nitrogen and oxygen atoms in total. The van der Waals surface area contributed by atoms with Crippen molar-refractivity contribution in [3.63, 3.8) is 0 Å². The van der Waals surface area contributed by atoms with Gasteiger partial charge in [-0.3, -0.25) is 23.9 Å². The third-order valence-corrected chi connectivity index (χ3v) is 5.84. The minimum absolute atomic E-state index is 0.0111. The number of H-pyrrole nitrogens is 1. The molecule has 0 aliphatic rings. The highest BCUT2D eigenvalue weighted by molar-refractivity contribution is 6.01. The second kappa shape index (κ2) is 10.9. The summed E-state index contributed by atoms with van der Waals surface area (Å²) in [5, 5.41) is 13.7. The molecule has 196 valence electrons. The van der Waals surface area contributed by atoms with Crippen LogP contribution in [0, 0.1) is 0 Å². The molecule has 0 atom stereocenters. The molecule has 0 aliphatic heterocycles. The molecule has 0 unspecified atom stereocenters. The molecule has 0 bridgehead atoms. The van der Waals surface area contributed by atoms with Crippen LogP contribution in [-0.4, -0.2) is 56.6 Å². The van der Waals surface area contributed by atoms with E-state index in [2.05, 4.69) is 10.1 Å². The van der Waals surface area contributed by atoms with Crippen LogP contribution in [0.3, 0.4) is 0 Å². The Morgan fingerprint density at radius 2 is 1.71 bits per heavy atom. The Kier molecular flexibility index (Phi) is 7.48. The van der Waals surface area contributed by atoms with E-state index in [9.17, 15) is 29.1 Å². The molecule has 2 aromatic heterocycles. The lowest BCUT2D eigenvalue weighted by Crippen LogP contribution is -2.45. The number of aromatic nitrogens is 4. The van der Waals surface area contributed by atoms with Gasteiger partial charge in [-0.25, -0.2) is 14.3 Å². The van der Waals surface area contributed by atoms with E-state index in [4.69, 9.17) is 10.5 Å². The minimum Gasteiger partial charge on any atom is -0.476 e. The van der Waals surface area contributed by atoms with Gasteiger partial charge in [0, 0.05) is 19.0 Å². The summed E-state index contributed by atoms with van der Waals surface area (Å²) in [6.07, 6.45) is 0. The molecule has 0 fully saturated rings. The zero-order valence-corrected chi connectivity index (χ0v) is 20.3. The summed E-state index contributed by atoms with van der Waals surface area (Å²) < 4.78 is 6.91. The number of amides is 1. The van der Waals surface area contributed by atoms with Gasteiger partial charge in [0.05, 0.1) is 18.5 Å².